The summed E-state index contributed by atoms with van der Waals surface area (Å²) in [6.07, 6.45) is 5.69. The molecule has 2 aromatic rings. The van der Waals surface area contributed by atoms with Gasteiger partial charge in [0.1, 0.15) is 5.01 Å². The summed E-state index contributed by atoms with van der Waals surface area (Å²) in [4.78, 5) is 22.6. The number of aromatic nitrogens is 2. The molecule has 1 amide bonds. The molecule has 0 fully saturated rings. The van der Waals surface area contributed by atoms with Crippen LogP contribution in [0.25, 0.3) is 10.6 Å². The van der Waals surface area contributed by atoms with E-state index in [1.165, 1.54) is 0 Å². The molecule has 1 N–H and O–H groups in total. The smallest absolute Gasteiger partial charge is 0.220 e. The van der Waals surface area contributed by atoms with Crippen LogP contribution in [0, 0.1) is 0 Å². The van der Waals surface area contributed by atoms with Gasteiger partial charge < -0.3 is 10.2 Å². The minimum atomic E-state index is 0.0923. The third kappa shape index (κ3) is 5.54. The van der Waals surface area contributed by atoms with Crippen molar-refractivity contribution in [3.63, 3.8) is 0 Å². The Balaban J connectivity index is 1.73. The molecule has 2 heterocycles. The van der Waals surface area contributed by atoms with Gasteiger partial charge in [-0.25, -0.2) is 4.98 Å². The first-order valence-electron chi connectivity index (χ1n) is 7.41. The highest BCUT2D eigenvalue weighted by Crippen LogP contribution is 2.23. The molecule has 6 heteroatoms. The lowest BCUT2D eigenvalue weighted by Crippen LogP contribution is -2.27. The molecule has 0 unspecified atom stereocenters. The standard InChI is InChI=1S/C16H22N4OS/c1-20(2)10-4-9-18-15(21)7-6-14-12-22-16(19-14)13-5-3-8-17-11-13/h3,5,8,11-12H,4,6-7,9-10H2,1-2H3,(H,18,21). The number of carbonyl (C=O) groups excluding carboxylic acids is 1. The molecular weight excluding hydrogens is 296 g/mol. The highest BCUT2D eigenvalue weighted by Gasteiger charge is 2.07. The molecule has 0 radical (unpaired) electrons. The maximum absolute atomic E-state index is 11.8. The van der Waals surface area contributed by atoms with E-state index in [4.69, 9.17) is 0 Å². The maximum atomic E-state index is 11.8. The molecule has 2 rings (SSSR count). The fourth-order valence-electron chi connectivity index (χ4n) is 2.00. The number of pyridine rings is 1. The number of carbonyl (C=O) groups is 1. The third-order valence-electron chi connectivity index (χ3n) is 3.17. The van der Waals surface area contributed by atoms with Gasteiger partial charge in [0.2, 0.25) is 5.91 Å². The first-order chi connectivity index (χ1) is 10.6. The minimum absolute atomic E-state index is 0.0923. The van der Waals surface area contributed by atoms with Crippen molar-refractivity contribution in [2.75, 3.05) is 27.2 Å². The third-order valence-corrected chi connectivity index (χ3v) is 4.11. The van der Waals surface area contributed by atoms with Crippen molar-refractivity contribution in [2.45, 2.75) is 19.3 Å². The summed E-state index contributed by atoms with van der Waals surface area (Å²) in [7, 11) is 4.06. The van der Waals surface area contributed by atoms with Crippen LogP contribution in [0.15, 0.2) is 29.9 Å². The molecule has 0 atom stereocenters. The molecule has 5 nitrogen and oxygen atoms in total. The van der Waals surface area contributed by atoms with Gasteiger partial charge in [0.25, 0.3) is 0 Å². The van der Waals surface area contributed by atoms with Gasteiger partial charge in [0.15, 0.2) is 0 Å². The number of hydrogen-bond acceptors (Lipinski definition) is 5. The topological polar surface area (TPSA) is 58.1 Å². The zero-order valence-corrected chi connectivity index (χ0v) is 13.9. The monoisotopic (exact) mass is 318 g/mol. The molecule has 0 saturated heterocycles. The number of thiazole rings is 1. The zero-order valence-electron chi connectivity index (χ0n) is 13.1. The second-order valence-electron chi connectivity index (χ2n) is 5.39. The molecule has 118 valence electrons. The van der Waals surface area contributed by atoms with Crippen molar-refractivity contribution in [3.8, 4) is 10.6 Å². The van der Waals surface area contributed by atoms with E-state index >= 15 is 0 Å². The summed E-state index contributed by atoms with van der Waals surface area (Å²) >= 11 is 1.59. The summed E-state index contributed by atoms with van der Waals surface area (Å²) in [5.41, 5.74) is 1.99. The molecule has 0 aliphatic heterocycles. The van der Waals surface area contributed by atoms with Crippen LogP contribution in [-0.2, 0) is 11.2 Å². The van der Waals surface area contributed by atoms with Crippen molar-refractivity contribution in [3.05, 3.63) is 35.6 Å². The van der Waals surface area contributed by atoms with Crippen molar-refractivity contribution >= 4 is 17.2 Å². The van der Waals surface area contributed by atoms with E-state index in [1.807, 2.05) is 31.6 Å². The van der Waals surface area contributed by atoms with E-state index in [0.717, 1.165) is 35.8 Å². The number of nitrogens with one attached hydrogen (secondary N) is 1. The Morgan fingerprint density at radius 2 is 2.27 bits per heavy atom. The van der Waals surface area contributed by atoms with Crippen molar-refractivity contribution in [2.24, 2.45) is 0 Å². The van der Waals surface area contributed by atoms with Gasteiger partial charge in [0, 0.05) is 36.3 Å². The quantitative estimate of drug-likeness (QED) is 0.758. The second-order valence-corrected chi connectivity index (χ2v) is 6.25. The Morgan fingerprint density at radius 1 is 1.41 bits per heavy atom. The predicted octanol–water partition coefficient (Wildman–Crippen LogP) is 2.21. The first kappa shape index (κ1) is 16.6. The van der Waals surface area contributed by atoms with E-state index in [2.05, 4.69) is 20.2 Å². The van der Waals surface area contributed by atoms with Crippen LogP contribution in [0.2, 0.25) is 0 Å². The van der Waals surface area contributed by atoms with Crippen molar-refractivity contribution in [1.29, 1.82) is 0 Å². The lowest BCUT2D eigenvalue weighted by atomic mass is 10.2. The Morgan fingerprint density at radius 3 is 3.00 bits per heavy atom. The highest BCUT2D eigenvalue weighted by atomic mass is 32.1. The number of aryl methyl sites for hydroxylation is 1. The van der Waals surface area contributed by atoms with Gasteiger partial charge in [0.05, 0.1) is 5.69 Å². The average molecular weight is 318 g/mol. The van der Waals surface area contributed by atoms with E-state index in [-0.39, 0.29) is 5.91 Å². The SMILES string of the molecule is CN(C)CCCNC(=O)CCc1csc(-c2cccnc2)n1. The minimum Gasteiger partial charge on any atom is -0.356 e. The Kier molecular flexibility index (Phi) is 6.48. The number of hydrogen-bond donors (Lipinski definition) is 1. The summed E-state index contributed by atoms with van der Waals surface area (Å²) < 4.78 is 0. The molecule has 0 spiro atoms. The fourth-order valence-corrected chi connectivity index (χ4v) is 2.84. The van der Waals surface area contributed by atoms with Gasteiger partial charge in [-0.1, -0.05) is 0 Å². The molecule has 0 aliphatic rings. The zero-order chi connectivity index (χ0) is 15.8. The van der Waals surface area contributed by atoms with Gasteiger partial charge in [-0.3, -0.25) is 9.78 Å². The first-order valence-corrected chi connectivity index (χ1v) is 8.29. The van der Waals surface area contributed by atoms with Crippen LogP contribution < -0.4 is 5.32 Å². The largest absolute Gasteiger partial charge is 0.356 e. The van der Waals surface area contributed by atoms with Crippen LogP contribution in [0.5, 0.6) is 0 Å². The molecule has 2 aromatic heterocycles. The van der Waals surface area contributed by atoms with Crippen LogP contribution in [0.1, 0.15) is 18.5 Å². The van der Waals surface area contributed by atoms with E-state index in [9.17, 15) is 4.79 Å². The Hall–Kier alpha value is -1.79. The molecule has 0 saturated carbocycles. The predicted molar refractivity (Wildman–Crippen MR) is 89.8 cm³/mol. The van der Waals surface area contributed by atoms with E-state index in [1.54, 1.807) is 23.7 Å². The van der Waals surface area contributed by atoms with Crippen LogP contribution in [0.4, 0.5) is 0 Å². The fraction of sp³-hybridized carbons (Fsp3) is 0.438. The van der Waals surface area contributed by atoms with Gasteiger partial charge in [-0.05, 0) is 45.6 Å². The van der Waals surface area contributed by atoms with Crippen molar-refractivity contribution in [1.82, 2.24) is 20.2 Å². The van der Waals surface area contributed by atoms with Crippen LogP contribution in [-0.4, -0.2) is 48.0 Å². The number of amides is 1. The van der Waals surface area contributed by atoms with E-state index < -0.39 is 0 Å². The molecule has 22 heavy (non-hydrogen) atoms. The normalized spacial score (nSPS) is 10.9. The van der Waals surface area contributed by atoms with Crippen LogP contribution >= 0.6 is 11.3 Å². The maximum Gasteiger partial charge on any atom is 0.220 e. The van der Waals surface area contributed by atoms with Gasteiger partial charge in [-0.2, -0.15) is 0 Å². The molecular formula is C16H22N4OS. The Labute approximate surface area is 135 Å². The van der Waals surface area contributed by atoms with Crippen molar-refractivity contribution < 1.29 is 4.79 Å². The number of nitrogens with zero attached hydrogens (tertiary/aromatic N) is 3. The van der Waals surface area contributed by atoms with E-state index in [0.29, 0.717) is 12.8 Å². The lowest BCUT2D eigenvalue weighted by Gasteiger charge is -2.09. The molecule has 0 aliphatic carbocycles. The van der Waals surface area contributed by atoms with Gasteiger partial charge >= 0.3 is 0 Å². The summed E-state index contributed by atoms with van der Waals surface area (Å²) in [5.74, 6) is 0.0923. The number of rotatable bonds is 8. The molecule has 0 bridgehead atoms. The lowest BCUT2D eigenvalue weighted by molar-refractivity contribution is -0.121. The highest BCUT2D eigenvalue weighted by molar-refractivity contribution is 7.13. The summed E-state index contributed by atoms with van der Waals surface area (Å²) in [5, 5.41) is 5.92. The molecule has 0 aromatic carbocycles. The Bertz CT molecular complexity index is 583. The second kappa shape index (κ2) is 8.60. The van der Waals surface area contributed by atoms with Crippen LogP contribution in [0.3, 0.4) is 0 Å². The average Bonchev–Trinajstić information content (AvgIpc) is 2.99. The summed E-state index contributed by atoms with van der Waals surface area (Å²) in [6.45, 7) is 1.72. The van der Waals surface area contributed by atoms with Gasteiger partial charge in [-0.15, -0.1) is 11.3 Å². The summed E-state index contributed by atoms with van der Waals surface area (Å²) in [6, 6.07) is 3.89.